The van der Waals surface area contributed by atoms with Crippen LogP contribution >= 0.6 is 34.4 Å². The van der Waals surface area contributed by atoms with E-state index in [1.54, 1.807) is 18.7 Å². The van der Waals surface area contributed by atoms with Gasteiger partial charge in [0.05, 0.1) is 29.3 Å². The van der Waals surface area contributed by atoms with Crippen molar-refractivity contribution in [2.24, 2.45) is 0 Å². The number of nitrogens with zero attached hydrogens (tertiary/aromatic N) is 1. The van der Waals surface area contributed by atoms with Gasteiger partial charge in [0.2, 0.25) is 0 Å². The maximum absolute atomic E-state index is 12.5. The van der Waals surface area contributed by atoms with Gasteiger partial charge in [-0.3, -0.25) is 14.5 Å². The molecule has 0 radical (unpaired) electrons. The van der Waals surface area contributed by atoms with Crippen LogP contribution in [0, 0.1) is 24.3 Å². The monoisotopic (exact) mass is 556 g/mol. The van der Waals surface area contributed by atoms with E-state index in [1.807, 2.05) is 6.92 Å². The molecule has 1 atom stereocenters. The number of aromatic amines is 1. The second-order valence-electron chi connectivity index (χ2n) is 7.86. The molecule has 3 rings (SSSR count). The summed E-state index contributed by atoms with van der Waals surface area (Å²) < 4.78 is 11.6. The molecule has 8 heteroatoms. The molecule has 1 aliphatic rings. The number of halogens is 1. The summed E-state index contributed by atoms with van der Waals surface area (Å²) in [5.41, 5.74) is 4.35. The van der Waals surface area contributed by atoms with Gasteiger partial charge in [0.1, 0.15) is 0 Å². The summed E-state index contributed by atoms with van der Waals surface area (Å²) in [5.74, 6) is -0.227. The predicted molar refractivity (Wildman–Crippen MR) is 131 cm³/mol. The molecule has 1 N–H and O–H groups in total. The number of carbonyl (C=O) groups excluding carboxylic acids is 1. The molecule has 2 heterocycles. The summed E-state index contributed by atoms with van der Waals surface area (Å²) in [5, 5.41) is 0. The van der Waals surface area contributed by atoms with E-state index in [1.165, 1.54) is 11.1 Å². The number of H-pyrrole nitrogens is 1. The Labute approximate surface area is 201 Å². The van der Waals surface area contributed by atoms with E-state index in [0.29, 0.717) is 29.9 Å². The van der Waals surface area contributed by atoms with Crippen LogP contribution < -0.4 is 5.56 Å². The van der Waals surface area contributed by atoms with Crippen molar-refractivity contribution >= 4 is 40.3 Å². The standard InChI is InChI=1S/C23H29IN2O4S/c1-5-29-20(27)11-17-12-26(6-7-30-17)13-19-16(4)25-23(28)21(24)22(19)31-18-9-14(2)8-15(3)10-18/h8-10,17H,5-7,11-13H2,1-4H3,(H,25,28). The first-order valence-electron chi connectivity index (χ1n) is 10.4. The van der Waals surface area contributed by atoms with Crippen LogP contribution in [0.25, 0.3) is 0 Å². The van der Waals surface area contributed by atoms with Gasteiger partial charge in [0.25, 0.3) is 5.56 Å². The minimum absolute atomic E-state index is 0.0594. The lowest BCUT2D eigenvalue weighted by Gasteiger charge is -2.33. The summed E-state index contributed by atoms with van der Waals surface area (Å²) in [7, 11) is 0. The lowest BCUT2D eigenvalue weighted by atomic mass is 10.1. The number of aryl methyl sites for hydroxylation is 3. The number of ether oxygens (including phenoxy) is 2. The van der Waals surface area contributed by atoms with E-state index in [4.69, 9.17) is 9.47 Å². The first kappa shape index (κ1) is 24.3. The number of pyridine rings is 1. The first-order valence-corrected chi connectivity index (χ1v) is 12.3. The van der Waals surface area contributed by atoms with Crippen molar-refractivity contribution < 1.29 is 14.3 Å². The Morgan fingerprint density at radius 3 is 2.68 bits per heavy atom. The molecule has 0 bridgehead atoms. The summed E-state index contributed by atoms with van der Waals surface area (Å²) in [6.45, 7) is 11.0. The minimum Gasteiger partial charge on any atom is -0.466 e. The van der Waals surface area contributed by atoms with Crippen molar-refractivity contribution in [2.45, 2.75) is 56.6 Å². The number of esters is 1. The average molecular weight is 556 g/mol. The van der Waals surface area contributed by atoms with Crippen LogP contribution in [0.15, 0.2) is 32.8 Å². The first-order chi connectivity index (χ1) is 14.8. The Bertz CT molecular complexity index is 988. The van der Waals surface area contributed by atoms with Crippen molar-refractivity contribution in [1.82, 2.24) is 9.88 Å². The molecule has 31 heavy (non-hydrogen) atoms. The van der Waals surface area contributed by atoms with E-state index in [0.717, 1.165) is 27.6 Å². The maximum Gasteiger partial charge on any atom is 0.308 e. The molecular weight excluding hydrogens is 527 g/mol. The smallest absolute Gasteiger partial charge is 0.308 e. The third-order valence-electron chi connectivity index (χ3n) is 5.15. The molecule has 1 fully saturated rings. The van der Waals surface area contributed by atoms with Crippen molar-refractivity contribution in [3.8, 4) is 0 Å². The quantitative estimate of drug-likeness (QED) is 0.407. The fourth-order valence-corrected chi connectivity index (χ4v) is 5.83. The van der Waals surface area contributed by atoms with E-state index < -0.39 is 0 Å². The Balaban J connectivity index is 1.84. The van der Waals surface area contributed by atoms with Gasteiger partial charge in [-0.1, -0.05) is 17.8 Å². The van der Waals surface area contributed by atoms with Crippen molar-refractivity contribution in [1.29, 1.82) is 0 Å². The fraction of sp³-hybridized carbons (Fsp3) is 0.478. The van der Waals surface area contributed by atoms with Gasteiger partial charge in [0, 0.05) is 40.7 Å². The van der Waals surface area contributed by atoms with Crippen LogP contribution in [0.3, 0.4) is 0 Å². The zero-order chi connectivity index (χ0) is 22.5. The van der Waals surface area contributed by atoms with Crippen molar-refractivity contribution in [2.75, 3.05) is 26.3 Å². The summed E-state index contributed by atoms with van der Waals surface area (Å²) in [6.07, 6.45) is 0.0851. The lowest BCUT2D eigenvalue weighted by Crippen LogP contribution is -2.43. The van der Waals surface area contributed by atoms with Gasteiger partial charge in [-0.15, -0.1) is 0 Å². The second-order valence-corrected chi connectivity index (χ2v) is 10.0. The molecule has 1 aromatic carbocycles. The van der Waals surface area contributed by atoms with Crippen LogP contribution in [-0.4, -0.2) is 48.3 Å². The van der Waals surface area contributed by atoms with Gasteiger partial charge in [-0.05, 0) is 73.5 Å². The van der Waals surface area contributed by atoms with E-state index in [-0.39, 0.29) is 24.1 Å². The van der Waals surface area contributed by atoms with Crippen LogP contribution in [0.2, 0.25) is 0 Å². The lowest BCUT2D eigenvalue weighted by molar-refractivity contribution is -0.148. The molecule has 168 valence electrons. The highest BCUT2D eigenvalue weighted by molar-refractivity contribution is 14.1. The minimum atomic E-state index is -0.227. The van der Waals surface area contributed by atoms with Gasteiger partial charge < -0.3 is 14.5 Å². The van der Waals surface area contributed by atoms with Gasteiger partial charge in [-0.25, -0.2) is 0 Å². The SMILES string of the molecule is CCOC(=O)CC1CN(Cc2c(C)[nH]c(=O)c(I)c2Sc2cc(C)cc(C)c2)CCO1. The number of nitrogens with one attached hydrogen (secondary N) is 1. The van der Waals surface area contributed by atoms with Crippen molar-refractivity contribution in [3.63, 3.8) is 0 Å². The fourth-order valence-electron chi connectivity index (χ4n) is 3.79. The highest BCUT2D eigenvalue weighted by Gasteiger charge is 2.25. The molecule has 1 aromatic heterocycles. The zero-order valence-electron chi connectivity index (χ0n) is 18.4. The van der Waals surface area contributed by atoms with Gasteiger partial charge >= 0.3 is 5.97 Å². The largest absolute Gasteiger partial charge is 0.466 e. The molecule has 1 aliphatic heterocycles. The number of carbonyl (C=O) groups is 1. The van der Waals surface area contributed by atoms with Crippen molar-refractivity contribution in [3.05, 3.63) is 54.5 Å². The third-order valence-corrected chi connectivity index (χ3v) is 7.67. The summed E-state index contributed by atoms with van der Waals surface area (Å²) in [6, 6.07) is 6.45. The molecule has 0 amide bonds. The van der Waals surface area contributed by atoms with Crippen LogP contribution in [0.4, 0.5) is 0 Å². The highest BCUT2D eigenvalue weighted by atomic mass is 127. The molecule has 0 spiro atoms. The second kappa shape index (κ2) is 11.0. The number of hydrogen-bond donors (Lipinski definition) is 1. The third kappa shape index (κ3) is 6.57. The molecule has 0 aliphatic carbocycles. The number of hydrogen-bond acceptors (Lipinski definition) is 6. The van der Waals surface area contributed by atoms with Gasteiger partial charge in [-0.2, -0.15) is 0 Å². The Kier molecular flexibility index (Phi) is 8.60. The number of rotatable bonds is 7. The zero-order valence-corrected chi connectivity index (χ0v) is 21.4. The highest BCUT2D eigenvalue weighted by Crippen LogP contribution is 2.35. The number of aromatic nitrogens is 1. The Morgan fingerprint density at radius 1 is 1.29 bits per heavy atom. The molecule has 1 saturated heterocycles. The topological polar surface area (TPSA) is 71.6 Å². The Morgan fingerprint density at radius 2 is 2.00 bits per heavy atom. The number of morpholine rings is 1. The number of benzene rings is 1. The van der Waals surface area contributed by atoms with E-state index in [9.17, 15) is 9.59 Å². The summed E-state index contributed by atoms with van der Waals surface area (Å²) in [4.78, 5) is 31.8. The van der Waals surface area contributed by atoms with Gasteiger partial charge in [0.15, 0.2) is 0 Å². The molecule has 2 aromatic rings. The normalized spacial score (nSPS) is 17.0. The summed E-state index contributed by atoms with van der Waals surface area (Å²) >= 11 is 3.79. The van der Waals surface area contributed by atoms with Crippen LogP contribution in [0.5, 0.6) is 0 Å². The maximum atomic E-state index is 12.5. The van der Waals surface area contributed by atoms with E-state index in [2.05, 4.69) is 64.5 Å². The molecule has 0 saturated carbocycles. The van der Waals surface area contributed by atoms with Crippen LogP contribution in [0.1, 0.15) is 35.7 Å². The molecule has 1 unspecified atom stereocenters. The average Bonchev–Trinajstić information content (AvgIpc) is 2.68. The Hall–Kier alpha value is -1.36. The van der Waals surface area contributed by atoms with Crippen LogP contribution in [-0.2, 0) is 20.8 Å². The molecular formula is C23H29IN2O4S. The van der Waals surface area contributed by atoms with E-state index >= 15 is 0 Å². The predicted octanol–water partition coefficient (Wildman–Crippen LogP) is 4.21. The molecule has 6 nitrogen and oxygen atoms in total.